The fourth-order valence-electron chi connectivity index (χ4n) is 1.68. The Kier molecular flexibility index (Phi) is 2.92. The Morgan fingerprint density at radius 1 is 1.50 bits per heavy atom. The molecular formula is C12H20N2. The summed E-state index contributed by atoms with van der Waals surface area (Å²) < 4.78 is 2.29. The fraction of sp³-hybridized carbons (Fsp3) is 0.667. The molecule has 2 nitrogen and oxygen atoms in total. The lowest BCUT2D eigenvalue weighted by Gasteiger charge is -2.05. The zero-order valence-corrected chi connectivity index (χ0v) is 9.16. The first-order valence-corrected chi connectivity index (χ1v) is 5.62. The van der Waals surface area contributed by atoms with Crippen molar-refractivity contribution in [2.75, 3.05) is 0 Å². The van der Waals surface area contributed by atoms with Gasteiger partial charge in [0, 0.05) is 31.5 Å². The third kappa shape index (κ3) is 2.88. The van der Waals surface area contributed by atoms with E-state index in [1.54, 1.807) is 0 Å². The second kappa shape index (κ2) is 4.18. The molecule has 0 amide bonds. The maximum atomic E-state index is 3.53. The van der Waals surface area contributed by atoms with Crippen LogP contribution in [0, 0.1) is 5.92 Å². The van der Waals surface area contributed by atoms with Gasteiger partial charge in [-0.05, 0) is 30.4 Å². The van der Waals surface area contributed by atoms with Crippen molar-refractivity contribution in [1.29, 1.82) is 0 Å². The summed E-state index contributed by atoms with van der Waals surface area (Å²) in [6.45, 7) is 6.67. The van der Waals surface area contributed by atoms with Crippen LogP contribution in [0.15, 0.2) is 18.5 Å². The minimum Gasteiger partial charge on any atom is -0.354 e. The van der Waals surface area contributed by atoms with Crippen molar-refractivity contribution in [1.82, 2.24) is 9.88 Å². The fourth-order valence-corrected chi connectivity index (χ4v) is 1.68. The van der Waals surface area contributed by atoms with Gasteiger partial charge in [0.2, 0.25) is 0 Å². The van der Waals surface area contributed by atoms with E-state index in [1.165, 1.54) is 18.4 Å². The molecule has 0 unspecified atom stereocenters. The van der Waals surface area contributed by atoms with E-state index >= 15 is 0 Å². The molecule has 1 saturated carbocycles. The van der Waals surface area contributed by atoms with Crippen molar-refractivity contribution < 1.29 is 0 Å². The maximum Gasteiger partial charge on any atom is 0.0242 e. The van der Waals surface area contributed by atoms with E-state index < -0.39 is 0 Å². The van der Waals surface area contributed by atoms with E-state index in [9.17, 15) is 0 Å². The van der Waals surface area contributed by atoms with Crippen LogP contribution in [0.4, 0.5) is 0 Å². The van der Waals surface area contributed by atoms with Crippen molar-refractivity contribution in [2.45, 2.75) is 45.8 Å². The molecule has 0 aromatic carbocycles. The van der Waals surface area contributed by atoms with E-state index in [0.717, 1.165) is 25.0 Å². The molecule has 1 aliphatic carbocycles. The Labute approximate surface area is 86.3 Å². The average molecular weight is 192 g/mol. The molecule has 0 bridgehead atoms. The van der Waals surface area contributed by atoms with Gasteiger partial charge in [-0.3, -0.25) is 0 Å². The Bertz CT molecular complexity index is 284. The van der Waals surface area contributed by atoms with Gasteiger partial charge in [-0.2, -0.15) is 0 Å². The van der Waals surface area contributed by atoms with Crippen LogP contribution in [0.3, 0.4) is 0 Å². The predicted octanol–water partition coefficient (Wildman–Crippen LogP) is 2.40. The smallest absolute Gasteiger partial charge is 0.0242 e. The van der Waals surface area contributed by atoms with Crippen LogP contribution in [0.5, 0.6) is 0 Å². The molecule has 14 heavy (non-hydrogen) atoms. The van der Waals surface area contributed by atoms with Gasteiger partial charge in [0.1, 0.15) is 0 Å². The lowest BCUT2D eigenvalue weighted by molar-refractivity contribution is 0.523. The standard InChI is InChI=1S/C12H20N2/c1-10(2)8-14-6-5-11(9-14)7-13-12-3-4-12/h5-6,9-10,12-13H,3-4,7-8H2,1-2H3. The highest BCUT2D eigenvalue weighted by molar-refractivity contribution is 5.10. The molecule has 1 N–H and O–H groups in total. The van der Waals surface area contributed by atoms with Crippen LogP contribution >= 0.6 is 0 Å². The molecule has 0 spiro atoms. The van der Waals surface area contributed by atoms with E-state index in [4.69, 9.17) is 0 Å². The average Bonchev–Trinajstić information content (AvgIpc) is 2.84. The number of hydrogen-bond acceptors (Lipinski definition) is 1. The minimum atomic E-state index is 0.728. The first-order chi connectivity index (χ1) is 6.74. The quantitative estimate of drug-likeness (QED) is 0.758. The van der Waals surface area contributed by atoms with Crippen molar-refractivity contribution >= 4 is 0 Å². The summed E-state index contributed by atoms with van der Waals surface area (Å²) >= 11 is 0. The lowest BCUT2D eigenvalue weighted by atomic mass is 10.2. The highest BCUT2D eigenvalue weighted by Crippen LogP contribution is 2.19. The second-order valence-electron chi connectivity index (χ2n) is 4.77. The monoisotopic (exact) mass is 192 g/mol. The first-order valence-electron chi connectivity index (χ1n) is 5.62. The molecule has 0 radical (unpaired) electrons. The van der Waals surface area contributed by atoms with Crippen LogP contribution in [-0.4, -0.2) is 10.6 Å². The van der Waals surface area contributed by atoms with Gasteiger partial charge in [-0.15, -0.1) is 0 Å². The molecule has 1 fully saturated rings. The highest BCUT2D eigenvalue weighted by atomic mass is 15.0. The van der Waals surface area contributed by atoms with Gasteiger partial charge >= 0.3 is 0 Å². The SMILES string of the molecule is CC(C)Cn1ccc(CNC2CC2)c1. The molecular weight excluding hydrogens is 172 g/mol. The Balaban J connectivity index is 1.81. The zero-order chi connectivity index (χ0) is 9.97. The summed E-state index contributed by atoms with van der Waals surface area (Å²) in [6.07, 6.45) is 7.18. The van der Waals surface area contributed by atoms with Crippen molar-refractivity contribution in [3.63, 3.8) is 0 Å². The van der Waals surface area contributed by atoms with E-state index in [-0.39, 0.29) is 0 Å². The molecule has 1 aromatic heterocycles. The number of aromatic nitrogens is 1. The van der Waals surface area contributed by atoms with Crippen LogP contribution in [0.1, 0.15) is 32.3 Å². The second-order valence-corrected chi connectivity index (χ2v) is 4.77. The molecule has 0 aliphatic heterocycles. The van der Waals surface area contributed by atoms with Crippen LogP contribution in [0.25, 0.3) is 0 Å². The van der Waals surface area contributed by atoms with Crippen molar-refractivity contribution in [3.05, 3.63) is 24.0 Å². The Morgan fingerprint density at radius 2 is 2.29 bits per heavy atom. The van der Waals surface area contributed by atoms with Crippen molar-refractivity contribution in [2.24, 2.45) is 5.92 Å². The molecule has 1 aromatic rings. The molecule has 1 aliphatic rings. The summed E-state index contributed by atoms with van der Waals surface area (Å²) in [5.41, 5.74) is 1.41. The van der Waals surface area contributed by atoms with Crippen LogP contribution < -0.4 is 5.32 Å². The Morgan fingerprint density at radius 3 is 2.93 bits per heavy atom. The Hall–Kier alpha value is -0.760. The lowest BCUT2D eigenvalue weighted by Crippen LogP contribution is -2.14. The summed E-state index contributed by atoms with van der Waals surface area (Å²) in [6, 6.07) is 3.03. The van der Waals surface area contributed by atoms with Gasteiger partial charge in [0.05, 0.1) is 0 Å². The highest BCUT2D eigenvalue weighted by Gasteiger charge is 2.19. The van der Waals surface area contributed by atoms with Crippen LogP contribution in [-0.2, 0) is 13.1 Å². The normalized spacial score (nSPS) is 16.5. The third-order valence-electron chi connectivity index (χ3n) is 2.56. The number of nitrogens with one attached hydrogen (secondary N) is 1. The molecule has 2 heteroatoms. The summed E-state index contributed by atoms with van der Waals surface area (Å²) in [5, 5.41) is 3.53. The molecule has 78 valence electrons. The summed E-state index contributed by atoms with van der Waals surface area (Å²) in [7, 11) is 0. The van der Waals surface area contributed by atoms with E-state index in [1.807, 2.05) is 0 Å². The van der Waals surface area contributed by atoms with E-state index in [0.29, 0.717) is 0 Å². The zero-order valence-electron chi connectivity index (χ0n) is 9.16. The molecule has 0 atom stereocenters. The molecule has 1 heterocycles. The van der Waals surface area contributed by atoms with Gasteiger partial charge in [0.25, 0.3) is 0 Å². The van der Waals surface area contributed by atoms with Gasteiger partial charge in [-0.25, -0.2) is 0 Å². The van der Waals surface area contributed by atoms with Gasteiger partial charge < -0.3 is 9.88 Å². The first kappa shape index (κ1) is 9.78. The van der Waals surface area contributed by atoms with E-state index in [2.05, 4.69) is 42.2 Å². The predicted molar refractivity (Wildman–Crippen MR) is 59.1 cm³/mol. The molecule has 0 saturated heterocycles. The largest absolute Gasteiger partial charge is 0.354 e. The number of nitrogens with zero attached hydrogens (tertiary/aromatic N) is 1. The van der Waals surface area contributed by atoms with Crippen molar-refractivity contribution in [3.8, 4) is 0 Å². The summed E-state index contributed by atoms with van der Waals surface area (Å²) in [5.74, 6) is 0.728. The van der Waals surface area contributed by atoms with Gasteiger partial charge in [0.15, 0.2) is 0 Å². The third-order valence-corrected chi connectivity index (χ3v) is 2.56. The molecule has 2 rings (SSSR count). The summed E-state index contributed by atoms with van der Waals surface area (Å²) in [4.78, 5) is 0. The number of rotatable bonds is 5. The van der Waals surface area contributed by atoms with Crippen LogP contribution in [0.2, 0.25) is 0 Å². The number of hydrogen-bond donors (Lipinski definition) is 1. The minimum absolute atomic E-state index is 0.728. The van der Waals surface area contributed by atoms with Gasteiger partial charge in [-0.1, -0.05) is 13.8 Å². The topological polar surface area (TPSA) is 17.0 Å². The maximum absolute atomic E-state index is 3.53.